The van der Waals surface area contributed by atoms with Crippen LogP contribution in [0, 0.1) is 0 Å². The summed E-state index contributed by atoms with van der Waals surface area (Å²) in [4.78, 5) is 2.75. The van der Waals surface area contributed by atoms with Gasteiger partial charge in [0.25, 0.3) is 0 Å². The first-order chi connectivity index (χ1) is 8.08. The smallest absolute Gasteiger partial charge is 0.106 e. The molecule has 4 heteroatoms. The molecule has 2 rings (SSSR count). The molecule has 0 aromatic heterocycles. The molecule has 0 bridgehead atoms. The third-order valence-electron chi connectivity index (χ3n) is 2.93. The zero-order valence-corrected chi connectivity index (χ0v) is 11.0. The van der Waals surface area contributed by atoms with Gasteiger partial charge in [-0.15, -0.1) is 0 Å². The second kappa shape index (κ2) is 5.02. The molecule has 0 saturated carbocycles. The van der Waals surface area contributed by atoms with E-state index in [1.165, 1.54) is 0 Å². The van der Waals surface area contributed by atoms with E-state index in [1.54, 1.807) is 0 Å². The maximum absolute atomic E-state index is 5.76. The van der Waals surface area contributed by atoms with Crippen LogP contribution < -0.4 is 10.6 Å². The van der Waals surface area contributed by atoms with E-state index in [0.717, 1.165) is 24.3 Å². The van der Waals surface area contributed by atoms with Crippen molar-refractivity contribution in [3.8, 4) is 0 Å². The average Bonchev–Trinajstić information content (AvgIpc) is 2.27. The fraction of sp³-hybridized carbons (Fsp3) is 0.462. The molecule has 0 amide bonds. The quantitative estimate of drug-likeness (QED) is 0.814. The molecule has 2 N–H and O–H groups in total. The summed E-state index contributed by atoms with van der Waals surface area (Å²) in [6, 6.07) is 8.02. The van der Waals surface area contributed by atoms with E-state index in [1.807, 2.05) is 18.2 Å². The van der Waals surface area contributed by atoms with Crippen molar-refractivity contribution in [1.82, 2.24) is 0 Å². The van der Waals surface area contributed by atoms with Gasteiger partial charge >= 0.3 is 0 Å². The van der Waals surface area contributed by atoms with Crippen molar-refractivity contribution in [2.75, 3.05) is 18.0 Å². The van der Waals surface area contributed by atoms with Gasteiger partial charge in [0.1, 0.15) is 4.99 Å². The number of thiocarbonyl (C=S) groups is 1. The van der Waals surface area contributed by atoms with Crippen molar-refractivity contribution >= 4 is 22.9 Å². The molecule has 92 valence electrons. The molecule has 2 atom stereocenters. The minimum Gasteiger partial charge on any atom is -0.389 e. The Morgan fingerprint density at radius 1 is 1.29 bits per heavy atom. The summed E-state index contributed by atoms with van der Waals surface area (Å²) in [7, 11) is 0. The number of hydrogen-bond acceptors (Lipinski definition) is 3. The highest BCUT2D eigenvalue weighted by Gasteiger charge is 2.24. The first-order valence-corrected chi connectivity index (χ1v) is 6.28. The van der Waals surface area contributed by atoms with Gasteiger partial charge < -0.3 is 15.4 Å². The van der Waals surface area contributed by atoms with E-state index in [9.17, 15) is 0 Å². The highest BCUT2D eigenvalue weighted by atomic mass is 32.1. The molecule has 1 aromatic carbocycles. The lowest BCUT2D eigenvalue weighted by Crippen LogP contribution is -2.46. The highest BCUT2D eigenvalue weighted by molar-refractivity contribution is 7.80. The summed E-state index contributed by atoms with van der Waals surface area (Å²) in [6.45, 7) is 5.94. The molecule has 1 heterocycles. The Bertz CT molecular complexity index is 412. The summed E-state index contributed by atoms with van der Waals surface area (Å²) in [6.07, 6.45) is 0.469. The van der Waals surface area contributed by atoms with Gasteiger partial charge in [-0.25, -0.2) is 0 Å². The Labute approximate surface area is 108 Å². The van der Waals surface area contributed by atoms with Crippen molar-refractivity contribution in [2.24, 2.45) is 5.73 Å². The lowest BCUT2D eigenvalue weighted by atomic mass is 10.1. The summed E-state index contributed by atoms with van der Waals surface area (Å²) in [5.41, 5.74) is 7.82. The van der Waals surface area contributed by atoms with Crippen LogP contribution in [0.15, 0.2) is 24.3 Å². The van der Waals surface area contributed by atoms with Crippen LogP contribution in [-0.4, -0.2) is 30.3 Å². The van der Waals surface area contributed by atoms with Crippen LogP contribution >= 0.6 is 12.2 Å². The van der Waals surface area contributed by atoms with Gasteiger partial charge in [-0.2, -0.15) is 0 Å². The minimum absolute atomic E-state index is 0.234. The van der Waals surface area contributed by atoms with Crippen LogP contribution in [0.4, 0.5) is 5.69 Å². The van der Waals surface area contributed by atoms with E-state index >= 15 is 0 Å². The van der Waals surface area contributed by atoms with Gasteiger partial charge in [-0.05, 0) is 26.0 Å². The normalized spacial score (nSPS) is 24.7. The predicted molar refractivity (Wildman–Crippen MR) is 74.6 cm³/mol. The fourth-order valence-electron chi connectivity index (χ4n) is 2.33. The van der Waals surface area contributed by atoms with E-state index in [2.05, 4.69) is 24.8 Å². The van der Waals surface area contributed by atoms with Crippen molar-refractivity contribution < 1.29 is 4.74 Å². The molecule has 17 heavy (non-hydrogen) atoms. The molecule has 2 unspecified atom stereocenters. The van der Waals surface area contributed by atoms with Crippen LogP contribution in [0.1, 0.15) is 19.4 Å². The predicted octanol–water partition coefficient (Wildman–Crippen LogP) is 1.93. The third kappa shape index (κ3) is 2.76. The molecule has 1 aliphatic rings. The summed E-state index contributed by atoms with van der Waals surface area (Å²) >= 11 is 5.10. The molecule has 0 spiro atoms. The Morgan fingerprint density at radius 2 is 1.88 bits per heavy atom. The standard InChI is InChI=1S/C13H18N2OS/c1-9-7-15(8-10(2)16-9)12-6-4-3-5-11(12)13(14)17/h3-6,9-10H,7-8H2,1-2H3,(H2,14,17). The fourth-order valence-corrected chi connectivity index (χ4v) is 2.50. The van der Waals surface area contributed by atoms with Crippen LogP contribution in [0.5, 0.6) is 0 Å². The molecular weight excluding hydrogens is 232 g/mol. The van der Waals surface area contributed by atoms with E-state index in [4.69, 9.17) is 22.7 Å². The average molecular weight is 250 g/mol. The van der Waals surface area contributed by atoms with Crippen molar-refractivity contribution in [1.29, 1.82) is 0 Å². The van der Waals surface area contributed by atoms with Gasteiger partial charge in [0, 0.05) is 24.3 Å². The number of nitrogens with zero attached hydrogens (tertiary/aromatic N) is 1. The van der Waals surface area contributed by atoms with Crippen LogP contribution in [0.25, 0.3) is 0 Å². The zero-order valence-electron chi connectivity index (χ0n) is 10.2. The largest absolute Gasteiger partial charge is 0.389 e. The Morgan fingerprint density at radius 3 is 2.47 bits per heavy atom. The van der Waals surface area contributed by atoms with Crippen molar-refractivity contribution in [2.45, 2.75) is 26.1 Å². The molecule has 1 saturated heterocycles. The van der Waals surface area contributed by atoms with Gasteiger partial charge in [0.2, 0.25) is 0 Å². The van der Waals surface area contributed by atoms with Gasteiger partial charge in [-0.3, -0.25) is 0 Å². The Balaban J connectivity index is 2.30. The van der Waals surface area contributed by atoms with Crippen molar-refractivity contribution in [3.63, 3.8) is 0 Å². The molecular formula is C13H18N2OS. The Kier molecular flexibility index (Phi) is 3.64. The number of hydrogen-bond donors (Lipinski definition) is 1. The second-order valence-electron chi connectivity index (χ2n) is 4.54. The summed E-state index contributed by atoms with van der Waals surface area (Å²) in [5.74, 6) is 0. The van der Waals surface area contributed by atoms with Crippen LogP contribution in [0.3, 0.4) is 0 Å². The van der Waals surface area contributed by atoms with Gasteiger partial charge in [0.05, 0.1) is 12.2 Å². The molecule has 0 radical (unpaired) electrons. The zero-order chi connectivity index (χ0) is 12.4. The summed E-state index contributed by atoms with van der Waals surface area (Å²) in [5, 5.41) is 0. The number of benzene rings is 1. The molecule has 1 fully saturated rings. The molecule has 3 nitrogen and oxygen atoms in total. The maximum Gasteiger partial charge on any atom is 0.106 e. The van der Waals surface area contributed by atoms with E-state index < -0.39 is 0 Å². The first kappa shape index (κ1) is 12.3. The van der Waals surface area contributed by atoms with Crippen LogP contribution in [-0.2, 0) is 4.74 Å². The number of rotatable bonds is 2. The number of ether oxygens (including phenoxy) is 1. The van der Waals surface area contributed by atoms with Gasteiger partial charge in [-0.1, -0.05) is 24.4 Å². The number of anilines is 1. The SMILES string of the molecule is CC1CN(c2ccccc2C(N)=S)CC(C)O1. The molecule has 0 aliphatic carbocycles. The number of nitrogens with two attached hydrogens (primary N) is 1. The third-order valence-corrected chi connectivity index (χ3v) is 3.15. The minimum atomic E-state index is 0.234. The molecule has 1 aromatic rings. The summed E-state index contributed by atoms with van der Waals surface area (Å²) < 4.78 is 5.73. The van der Waals surface area contributed by atoms with Crippen LogP contribution in [0.2, 0.25) is 0 Å². The number of para-hydroxylation sites is 1. The topological polar surface area (TPSA) is 38.5 Å². The maximum atomic E-state index is 5.76. The van der Waals surface area contributed by atoms with Gasteiger partial charge in [0.15, 0.2) is 0 Å². The Hall–Kier alpha value is -1.13. The second-order valence-corrected chi connectivity index (χ2v) is 4.98. The number of morpholine rings is 1. The van der Waals surface area contributed by atoms with Crippen molar-refractivity contribution in [3.05, 3.63) is 29.8 Å². The highest BCUT2D eigenvalue weighted by Crippen LogP contribution is 2.24. The monoisotopic (exact) mass is 250 g/mol. The first-order valence-electron chi connectivity index (χ1n) is 5.87. The lowest BCUT2D eigenvalue weighted by molar-refractivity contribution is -0.00522. The molecule has 1 aliphatic heterocycles. The lowest BCUT2D eigenvalue weighted by Gasteiger charge is -2.37. The van der Waals surface area contributed by atoms with E-state index in [0.29, 0.717) is 4.99 Å². The van der Waals surface area contributed by atoms with E-state index in [-0.39, 0.29) is 12.2 Å².